The lowest BCUT2D eigenvalue weighted by Crippen LogP contribution is -2.38. The highest BCUT2D eigenvalue weighted by Gasteiger charge is 2.34. The monoisotopic (exact) mass is 539 g/mol. The van der Waals surface area contributed by atoms with Crippen molar-refractivity contribution in [1.82, 2.24) is 15.0 Å². The molecule has 3 aromatic carbocycles. The lowest BCUT2D eigenvalue weighted by Gasteiger charge is -2.21. The Labute approximate surface area is 225 Å². The molecule has 2 heterocycles. The Morgan fingerprint density at radius 2 is 1.64 bits per heavy atom. The van der Waals surface area contributed by atoms with Crippen LogP contribution >= 0.6 is 0 Å². The summed E-state index contributed by atoms with van der Waals surface area (Å²) in [5.41, 5.74) is 10.3. The molecule has 2 aromatic heterocycles. The summed E-state index contributed by atoms with van der Waals surface area (Å²) < 4.78 is 27.9. The molecular formula is C29H25N5O4S. The van der Waals surface area contributed by atoms with E-state index in [0.717, 1.165) is 33.3 Å². The average Bonchev–Trinajstić information content (AvgIpc) is 2.94. The van der Waals surface area contributed by atoms with Crippen molar-refractivity contribution in [3.05, 3.63) is 119 Å². The zero-order valence-electron chi connectivity index (χ0n) is 21.0. The fourth-order valence-corrected chi connectivity index (χ4v) is 5.72. The molecule has 39 heavy (non-hydrogen) atoms. The number of aliphatic hydroxyl groups is 1. The lowest BCUT2D eigenvalue weighted by atomic mass is 9.98. The minimum Gasteiger partial charge on any atom is -0.399 e. The number of rotatable bonds is 7. The van der Waals surface area contributed by atoms with Crippen molar-refractivity contribution in [2.24, 2.45) is 0 Å². The van der Waals surface area contributed by atoms with Gasteiger partial charge in [0, 0.05) is 34.7 Å². The highest BCUT2D eigenvalue weighted by Crippen LogP contribution is 2.26. The Morgan fingerprint density at radius 3 is 2.36 bits per heavy atom. The number of nitrogen functional groups attached to an aromatic ring is 1. The Balaban J connectivity index is 1.55. The van der Waals surface area contributed by atoms with E-state index in [-0.39, 0.29) is 23.0 Å². The van der Waals surface area contributed by atoms with Crippen molar-refractivity contribution in [2.45, 2.75) is 24.8 Å². The number of nitrogens with zero attached hydrogens (tertiary/aromatic N) is 4. The molecule has 0 atom stereocenters. The molecule has 0 aliphatic heterocycles. The van der Waals surface area contributed by atoms with Crippen LogP contribution in [0.1, 0.15) is 32.7 Å². The van der Waals surface area contributed by atoms with E-state index >= 15 is 0 Å². The number of pyridine rings is 1. The third-order valence-corrected chi connectivity index (χ3v) is 7.89. The second kappa shape index (κ2) is 10.6. The van der Waals surface area contributed by atoms with Gasteiger partial charge in [-0.25, -0.2) is 18.4 Å². The molecule has 5 aromatic rings. The molecule has 0 spiro atoms. The maximum Gasteiger partial charge on any atom is 0.274 e. The summed E-state index contributed by atoms with van der Waals surface area (Å²) in [6, 6.07) is 21.5. The highest BCUT2D eigenvalue weighted by molar-refractivity contribution is 7.93. The van der Waals surface area contributed by atoms with Crippen LogP contribution in [-0.4, -0.2) is 34.4 Å². The fraction of sp³-hybridized carbons (Fsp3) is 0.103. The summed E-state index contributed by atoms with van der Waals surface area (Å²) in [4.78, 5) is 26.4. The molecule has 1 amide bonds. The topological polar surface area (TPSA) is 139 Å². The smallest absolute Gasteiger partial charge is 0.274 e. The predicted molar refractivity (Wildman–Crippen MR) is 149 cm³/mol. The van der Waals surface area contributed by atoms with Gasteiger partial charge in [0.05, 0.1) is 17.0 Å². The third-order valence-electron chi connectivity index (χ3n) is 6.21. The Bertz CT molecular complexity index is 1780. The largest absolute Gasteiger partial charge is 0.399 e. The minimum atomic E-state index is -4.36. The van der Waals surface area contributed by atoms with E-state index < -0.39 is 15.9 Å². The van der Waals surface area contributed by atoms with E-state index in [0.29, 0.717) is 16.4 Å². The van der Waals surface area contributed by atoms with Crippen LogP contribution in [0.3, 0.4) is 0 Å². The molecule has 0 saturated carbocycles. The summed E-state index contributed by atoms with van der Waals surface area (Å²) in [5, 5.41) is 10.7. The number of anilines is 2. The normalized spacial score (nSPS) is 11.4. The number of aryl methyl sites for hydroxylation is 1. The number of nitrogens with two attached hydrogens (primary N) is 1. The van der Waals surface area contributed by atoms with Gasteiger partial charge in [0.2, 0.25) is 5.95 Å². The number of benzene rings is 3. The first-order valence-corrected chi connectivity index (χ1v) is 13.5. The van der Waals surface area contributed by atoms with Crippen LogP contribution in [0.2, 0.25) is 0 Å². The summed E-state index contributed by atoms with van der Waals surface area (Å²) in [6.45, 7) is 1.77. The maximum absolute atomic E-state index is 13.8. The molecule has 0 saturated heterocycles. The molecule has 0 radical (unpaired) electrons. The van der Waals surface area contributed by atoms with E-state index in [4.69, 9.17) is 5.73 Å². The second-order valence-corrected chi connectivity index (χ2v) is 10.8. The number of para-hydroxylation sites is 1. The van der Waals surface area contributed by atoms with E-state index in [2.05, 4.69) is 15.0 Å². The number of hydrogen-bond donors (Lipinski definition) is 2. The number of hydrogen-bond acceptors (Lipinski definition) is 8. The van der Waals surface area contributed by atoms with E-state index in [1.165, 1.54) is 42.7 Å². The van der Waals surface area contributed by atoms with Gasteiger partial charge in [0.25, 0.3) is 15.9 Å². The summed E-state index contributed by atoms with van der Waals surface area (Å²) >= 11 is 0. The molecule has 0 bridgehead atoms. The van der Waals surface area contributed by atoms with Gasteiger partial charge in [-0.2, -0.15) is 4.31 Å². The molecule has 10 heteroatoms. The van der Waals surface area contributed by atoms with Crippen LogP contribution in [0.25, 0.3) is 10.9 Å². The summed E-state index contributed by atoms with van der Waals surface area (Å²) in [7, 11) is -4.36. The maximum atomic E-state index is 13.8. The second-order valence-electron chi connectivity index (χ2n) is 8.96. The summed E-state index contributed by atoms with van der Waals surface area (Å²) in [5.74, 6) is -1.07. The van der Waals surface area contributed by atoms with Crippen LogP contribution in [0.15, 0.2) is 96.2 Å². The summed E-state index contributed by atoms with van der Waals surface area (Å²) in [6.07, 6.45) is 3.17. The number of carbonyl (C=O) groups is 1. The Kier molecular flexibility index (Phi) is 7.05. The SMILES string of the molecule is Cc1cc(CO)c2cccc(Cc3cccc(C(=O)N(c4ncccn4)S(=O)(=O)c4ccc(N)cc4)c3)c2n1. The number of amides is 1. The quantitative estimate of drug-likeness (QED) is 0.296. The molecule has 0 aliphatic rings. The zero-order chi connectivity index (χ0) is 27.6. The van der Waals surface area contributed by atoms with E-state index in [9.17, 15) is 18.3 Å². The highest BCUT2D eigenvalue weighted by atomic mass is 32.2. The molecular weight excluding hydrogens is 514 g/mol. The van der Waals surface area contributed by atoms with Crippen LogP contribution in [0.4, 0.5) is 11.6 Å². The van der Waals surface area contributed by atoms with Gasteiger partial charge in [-0.15, -0.1) is 0 Å². The molecule has 0 aliphatic carbocycles. The molecule has 3 N–H and O–H groups in total. The lowest BCUT2D eigenvalue weighted by molar-refractivity contribution is 0.100. The van der Waals surface area contributed by atoms with Gasteiger partial charge in [-0.1, -0.05) is 30.3 Å². The predicted octanol–water partition coefficient (Wildman–Crippen LogP) is 4.03. The first-order valence-electron chi connectivity index (χ1n) is 12.1. The number of aliphatic hydroxyl groups excluding tert-OH is 1. The van der Waals surface area contributed by atoms with Crippen molar-refractivity contribution in [3.8, 4) is 0 Å². The van der Waals surface area contributed by atoms with Gasteiger partial charge >= 0.3 is 0 Å². The minimum absolute atomic E-state index is 0.104. The van der Waals surface area contributed by atoms with Crippen molar-refractivity contribution in [3.63, 3.8) is 0 Å². The number of sulfonamides is 1. The average molecular weight is 540 g/mol. The number of fused-ring (bicyclic) bond motifs is 1. The Morgan fingerprint density at radius 1 is 0.923 bits per heavy atom. The first kappa shape index (κ1) is 26.0. The van der Waals surface area contributed by atoms with E-state index in [1.54, 1.807) is 18.2 Å². The van der Waals surface area contributed by atoms with Gasteiger partial charge in [0.1, 0.15) is 0 Å². The molecule has 9 nitrogen and oxygen atoms in total. The van der Waals surface area contributed by atoms with Gasteiger partial charge in [-0.3, -0.25) is 9.78 Å². The fourth-order valence-electron chi connectivity index (χ4n) is 4.39. The van der Waals surface area contributed by atoms with Crippen LogP contribution in [0.5, 0.6) is 0 Å². The zero-order valence-corrected chi connectivity index (χ0v) is 21.8. The van der Waals surface area contributed by atoms with Gasteiger partial charge < -0.3 is 10.8 Å². The van der Waals surface area contributed by atoms with Crippen LogP contribution in [-0.2, 0) is 23.1 Å². The molecule has 5 rings (SSSR count). The number of aromatic nitrogens is 3. The van der Waals surface area contributed by atoms with Crippen molar-refractivity contribution in [1.29, 1.82) is 0 Å². The molecule has 0 unspecified atom stereocenters. The van der Waals surface area contributed by atoms with E-state index in [1.807, 2.05) is 37.3 Å². The Hall–Kier alpha value is -4.67. The third kappa shape index (κ3) is 5.20. The first-order chi connectivity index (χ1) is 18.8. The molecule has 0 fully saturated rings. The molecule has 196 valence electrons. The van der Waals surface area contributed by atoms with Gasteiger partial charge in [-0.05, 0) is 78.6 Å². The van der Waals surface area contributed by atoms with Crippen molar-refractivity contribution >= 4 is 38.5 Å². The van der Waals surface area contributed by atoms with Crippen molar-refractivity contribution < 1.29 is 18.3 Å². The number of carbonyl (C=O) groups excluding carboxylic acids is 1. The van der Waals surface area contributed by atoms with Crippen molar-refractivity contribution in [2.75, 3.05) is 10.0 Å². The van der Waals surface area contributed by atoms with Crippen LogP contribution in [0, 0.1) is 6.92 Å². The van der Waals surface area contributed by atoms with Crippen LogP contribution < -0.4 is 10.0 Å². The van der Waals surface area contributed by atoms with Gasteiger partial charge in [0.15, 0.2) is 0 Å². The standard InChI is InChI=1S/C29H25N5O4S/c1-19-15-23(18-35)26-8-3-6-21(27(26)33-19)16-20-5-2-7-22(17-20)28(36)34(29-31-13-4-14-32-29)39(37,38)25-11-9-24(30)10-12-25/h2-15,17,35H,16,18,30H2,1H3.